The molecule has 1 atom stereocenters. The number of likely N-dealkylation sites (tertiary alicyclic amines) is 1. The van der Waals surface area contributed by atoms with E-state index in [9.17, 15) is 4.79 Å². The van der Waals surface area contributed by atoms with Crippen LogP contribution in [0.15, 0.2) is 24.3 Å². The first-order valence-electron chi connectivity index (χ1n) is 7.29. The van der Waals surface area contributed by atoms with Crippen molar-refractivity contribution in [2.45, 2.75) is 45.6 Å². The molecule has 0 spiro atoms. The fraction of sp³-hybridized carbons (Fsp3) is 0.562. The Balaban J connectivity index is 1.92. The molecule has 1 amide bonds. The number of carbonyl (C=O) groups excluding carboxylic acids is 1. The zero-order valence-corrected chi connectivity index (χ0v) is 12.0. The number of hydrogen-bond donors (Lipinski definition) is 1. The van der Waals surface area contributed by atoms with Gasteiger partial charge in [0.15, 0.2) is 0 Å². The van der Waals surface area contributed by atoms with Gasteiger partial charge in [-0.3, -0.25) is 4.79 Å². The molecule has 1 aromatic rings. The zero-order valence-electron chi connectivity index (χ0n) is 12.0. The maximum atomic E-state index is 12.4. The number of nitrogens with zero attached hydrogens (tertiary/aromatic N) is 1. The fourth-order valence-electron chi connectivity index (χ4n) is 2.53. The Bertz CT molecular complexity index is 405. The number of aryl methyl sites for hydroxylation is 1. The van der Waals surface area contributed by atoms with Gasteiger partial charge in [-0.25, -0.2) is 0 Å². The Morgan fingerprint density at radius 1 is 1.11 bits per heavy atom. The van der Waals surface area contributed by atoms with E-state index >= 15 is 0 Å². The van der Waals surface area contributed by atoms with E-state index in [4.69, 9.17) is 0 Å². The van der Waals surface area contributed by atoms with Gasteiger partial charge in [0, 0.05) is 18.8 Å². The second-order valence-electron chi connectivity index (χ2n) is 5.47. The molecular weight excluding hydrogens is 236 g/mol. The number of nitrogens with one attached hydrogen (secondary N) is 1. The number of carbonyl (C=O) groups is 1. The number of benzene rings is 1. The van der Waals surface area contributed by atoms with Crippen LogP contribution in [0, 0.1) is 6.92 Å². The van der Waals surface area contributed by atoms with Crippen LogP contribution in [0.25, 0.3) is 0 Å². The molecule has 1 aliphatic rings. The van der Waals surface area contributed by atoms with E-state index in [1.165, 1.54) is 18.4 Å². The SMILES string of the molecule is Cc1ccc(NC(C)C(=O)N2CCCCCC2)cc1. The van der Waals surface area contributed by atoms with Crippen molar-refractivity contribution in [3.8, 4) is 0 Å². The molecule has 0 aliphatic carbocycles. The predicted octanol–water partition coefficient (Wildman–Crippen LogP) is 3.20. The summed E-state index contributed by atoms with van der Waals surface area (Å²) in [7, 11) is 0. The molecule has 0 radical (unpaired) electrons. The molecule has 0 aromatic heterocycles. The van der Waals surface area contributed by atoms with Crippen molar-refractivity contribution in [3.05, 3.63) is 29.8 Å². The van der Waals surface area contributed by atoms with Gasteiger partial charge in [0.1, 0.15) is 6.04 Å². The number of hydrogen-bond acceptors (Lipinski definition) is 2. The smallest absolute Gasteiger partial charge is 0.244 e. The lowest BCUT2D eigenvalue weighted by atomic mass is 10.2. The quantitative estimate of drug-likeness (QED) is 0.905. The van der Waals surface area contributed by atoms with Crippen molar-refractivity contribution in [2.75, 3.05) is 18.4 Å². The van der Waals surface area contributed by atoms with Gasteiger partial charge in [0.2, 0.25) is 5.91 Å². The Hall–Kier alpha value is -1.51. The molecule has 104 valence electrons. The highest BCUT2D eigenvalue weighted by Crippen LogP contribution is 2.14. The van der Waals surface area contributed by atoms with Gasteiger partial charge < -0.3 is 10.2 Å². The second-order valence-corrected chi connectivity index (χ2v) is 5.47. The van der Waals surface area contributed by atoms with Crippen LogP contribution < -0.4 is 5.32 Å². The third-order valence-electron chi connectivity index (χ3n) is 3.72. The second kappa shape index (κ2) is 6.60. The van der Waals surface area contributed by atoms with Crippen molar-refractivity contribution in [1.29, 1.82) is 0 Å². The number of amides is 1. The molecular formula is C16H24N2O. The molecule has 3 heteroatoms. The molecule has 1 saturated heterocycles. The summed E-state index contributed by atoms with van der Waals surface area (Å²) in [4.78, 5) is 14.4. The zero-order chi connectivity index (χ0) is 13.7. The summed E-state index contributed by atoms with van der Waals surface area (Å²) < 4.78 is 0. The number of anilines is 1. The molecule has 2 rings (SSSR count). The third kappa shape index (κ3) is 3.98. The normalized spacial score (nSPS) is 17.7. The van der Waals surface area contributed by atoms with Crippen molar-refractivity contribution < 1.29 is 4.79 Å². The van der Waals surface area contributed by atoms with E-state index in [0.29, 0.717) is 0 Å². The summed E-state index contributed by atoms with van der Waals surface area (Å²) in [5.74, 6) is 0.225. The van der Waals surface area contributed by atoms with E-state index < -0.39 is 0 Å². The molecule has 1 N–H and O–H groups in total. The third-order valence-corrected chi connectivity index (χ3v) is 3.72. The van der Waals surface area contributed by atoms with Crippen LogP contribution in [0.2, 0.25) is 0 Å². The Kier molecular flexibility index (Phi) is 4.83. The summed E-state index contributed by atoms with van der Waals surface area (Å²) in [6.07, 6.45) is 4.79. The molecule has 3 nitrogen and oxygen atoms in total. The maximum Gasteiger partial charge on any atom is 0.244 e. The average Bonchev–Trinajstić information content (AvgIpc) is 2.69. The van der Waals surface area contributed by atoms with Gasteiger partial charge >= 0.3 is 0 Å². The summed E-state index contributed by atoms with van der Waals surface area (Å²) in [6, 6.07) is 8.03. The number of rotatable bonds is 3. The lowest BCUT2D eigenvalue weighted by Gasteiger charge is -2.25. The van der Waals surface area contributed by atoms with Crippen LogP contribution in [-0.2, 0) is 4.79 Å². The van der Waals surface area contributed by atoms with Gasteiger partial charge in [0.25, 0.3) is 0 Å². The first-order chi connectivity index (χ1) is 9.16. The Labute approximate surface area is 116 Å². The van der Waals surface area contributed by atoms with Crippen molar-refractivity contribution in [1.82, 2.24) is 4.90 Å². The molecule has 1 aliphatic heterocycles. The maximum absolute atomic E-state index is 12.4. The summed E-state index contributed by atoms with van der Waals surface area (Å²) >= 11 is 0. The van der Waals surface area contributed by atoms with Gasteiger partial charge in [-0.05, 0) is 38.8 Å². The van der Waals surface area contributed by atoms with Crippen molar-refractivity contribution >= 4 is 11.6 Å². The minimum atomic E-state index is -0.152. The molecule has 1 fully saturated rings. The highest BCUT2D eigenvalue weighted by atomic mass is 16.2. The van der Waals surface area contributed by atoms with Crippen LogP contribution >= 0.6 is 0 Å². The van der Waals surface area contributed by atoms with Gasteiger partial charge in [0.05, 0.1) is 0 Å². The summed E-state index contributed by atoms with van der Waals surface area (Å²) in [6.45, 7) is 5.85. The fourth-order valence-corrected chi connectivity index (χ4v) is 2.53. The topological polar surface area (TPSA) is 32.3 Å². The van der Waals surface area contributed by atoms with E-state index in [0.717, 1.165) is 31.6 Å². The first-order valence-corrected chi connectivity index (χ1v) is 7.29. The minimum absolute atomic E-state index is 0.152. The van der Waals surface area contributed by atoms with Crippen molar-refractivity contribution in [2.24, 2.45) is 0 Å². The summed E-state index contributed by atoms with van der Waals surface area (Å²) in [5, 5.41) is 3.30. The highest BCUT2D eigenvalue weighted by molar-refractivity contribution is 5.84. The van der Waals surface area contributed by atoms with Crippen LogP contribution in [0.1, 0.15) is 38.2 Å². The Morgan fingerprint density at radius 3 is 2.26 bits per heavy atom. The molecule has 0 saturated carbocycles. The average molecular weight is 260 g/mol. The van der Waals surface area contributed by atoms with E-state index in [-0.39, 0.29) is 11.9 Å². The van der Waals surface area contributed by atoms with Gasteiger partial charge in [-0.2, -0.15) is 0 Å². The first kappa shape index (κ1) is 13.9. The predicted molar refractivity (Wildman–Crippen MR) is 79.3 cm³/mol. The van der Waals surface area contributed by atoms with E-state index in [1.54, 1.807) is 0 Å². The van der Waals surface area contributed by atoms with Crippen LogP contribution in [0.5, 0.6) is 0 Å². The van der Waals surface area contributed by atoms with E-state index in [1.807, 2.05) is 24.0 Å². The van der Waals surface area contributed by atoms with E-state index in [2.05, 4.69) is 24.4 Å². The minimum Gasteiger partial charge on any atom is -0.374 e. The Morgan fingerprint density at radius 2 is 1.68 bits per heavy atom. The van der Waals surface area contributed by atoms with Crippen LogP contribution in [0.4, 0.5) is 5.69 Å². The van der Waals surface area contributed by atoms with Crippen molar-refractivity contribution in [3.63, 3.8) is 0 Å². The molecule has 1 unspecified atom stereocenters. The lowest BCUT2D eigenvalue weighted by Crippen LogP contribution is -2.41. The molecule has 1 heterocycles. The van der Waals surface area contributed by atoms with Crippen LogP contribution in [0.3, 0.4) is 0 Å². The van der Waals surface area contributed by atoms with Crippen LogP contribution in [-0.4, -0.2) is 29.9 Å². The highest BCUT2D eigenvalue weighted by Gasteiger charge is 2.21. The molecule has 19 heavy (non-hydrogen) atoms. The van der Waals surface area contributed by atoms with Gasteiger partial charge in [-0.15, -0.1) is 0 Å². The largest absolute Gasteiger partial charge is 0.374 e. The lowest BCUT2D eigenvalue weighted by molar-refractivity contribution is -0.131. The monoisotopic (exact) mass is 260 g/mol. The summed E-state index contributed by atoms with van der Waals surface area (Å²) in [5.41, 5.74) is 2.25. The van der Waals surface area contributed by atoms with Gasteiger partial charge in [-0.1, -0.05) is 30.5 Å². The molecule has 1 aromatic carbocycles. The standard InChI is InChI=1S/C16H24N2O/c1-13-7-9-15(10-8-13)17-14(2)16(19)18-11-5-3-4-6-12-18/h7-10,14,17H,3-6,11-12H2,1-2H3. The molecule has 0 bridgehead atoms.